The van der Waals surface area contributed by atoms with Crippen molar-refractivity contribution in [2.75, 3.05) is 24.7 Å². The Bertz CT molecular complexity index is 1770. The Hall–Kier alpha value is -2.84. The lowest BCUT2D eigenvalue weighted by Crippen LogP contribution is -2.37. The van der Waals surface area contributed by atoms with Crippen LogP contribution in [0, 0.1) is 0 Å². The molecule has 0 saturated carbocycles. The highest BCUT2D eigenvalue weighted by atomic mass is 32.7. The molecular weight excluding hydrogens is 637 g/mol. The molecule has 0 spiro atoms. The van der Waals surface area contributed by atoms with Gasteiger partial charge in [0.25, 0.3) is 0 Å². The standard InChI is InChI=1S/C20H23FN10O9P2S/c21-9-13-7(37-19(9)30-5-28-10-15(22)24-3-26-17(10)30)1-35-41(33)39-14-8(2-36-42(34,43)40-13)38-20(12(14)32)31-6-29-11-16(23)25-4-27-18(11)31/h3-9,12-14,19-20,32,41H,1-2H2,(H,34,43)(H2,22,24,26)(H2,23,25,27)/t7-,8-,9-,12-,13-,14-,19-,20-,42?/m1/s1. The van der Waals surface area contributed by atoms with Crippen molar-refractivity contribution in [2.24, 2.45) is 0 Å². The molecule has 23 heteroatoms. The summed E-state index contributed by atoms with van der Waals surface area (Å²) in [5.74, 6) is 0.178. The second kappa shape index (κ2) is 11.0. The zero-order chi connectivity index (χ0) is 30.0. The van der Waals surface area contributed by atoms with Crippen molar-refractivity contribution in [3.8, 4) is 0 Å². The maximum atomic E-state index is 15.9. The molecule has 3 saturated heterocycles. The summed E-state index contributed by atoms with van der Waals surface area (Å²) in [4.78, 5) is 24.2. The number of alkyl halides is 1. The van der Waals surface area contributed by atoms with Crippen LogP contribution in [0.1, 0.15) is 12.5 Å². The zero-order valence-corrected chi connectivity index (χ0v) is 24.3. The summed E-state index contributed by atoms with van der Waals surface area (Å²) in [5.41, 5.74) is 12.6. The predicted molar refractivity (Wildman–Crippen MR) is 145 cm³/mol. The summed E-state index contributed by atoms with van der Waals surface area (Å²) in [6.45, 7) is -5.36. The Kier molecular flexibility index (Phi) is 7.36. The Morgan fingerprint density at radius 3 is 2.16 bits per heavy atom. The lowest BCUT2D eigenvalue weighted by Gasteiger charge is -2.26. The molecule has 0 amide bonds. The number of nitrogens with two attached hydrogens (primary N) is 2. The quantitative estimate of drug-likeness (QED) is 0.169. The second-order valence-corrected chi connectivity index (χ2v) is 13.6. The number of hydrogen-bond acceptors (Lipinski definition) is 17. The third-order valence-corrected chi connectivity index (χ3v) is 9.63. The molecule has 0 aromatic carbocycles. The molecule has 19 nitrogen and oxygen atoms in total. The van der Waals surface area contributed by atoms with E-state index in [0.717, 1.165) is 0 Å². The summed E-state index contributed by atoms with van der Waals surface area (Å²) in [7, 11) is -3.36. The fourth-order valence-corrected chi connectivity index (χ4v) is 7.53. The number of aliphatic hydroxyl groups is 1. The van der Waals surface area contributed by atoms with Crippen LogP contribution in [0.4, 0.5) is 16.0 Å². The summed E-state index contributed by atoms with van der Waals surface area (Å²) >= 11 is 4.02. The first kappa shape index (κ1) is 28.9. The molecule has 0 aliphatic carbocycles. The summed E-state index contributed by atoms with van der Waals surface area (Å²) in [6.07, 6.45) is -6.28. The molecular formula is C20H23FN10O9P2S. The Labute approximate surface area is 245 Å². The van der Waals surface area contributed by atoms with Crippen LogP contribution in [0.3, 0.4) is 0 Å². The van der Waals surface area contributed by atoms with Crippen molar-refractivity contribution in [2.45, 2.75) is 49.1 Å². The van der Waals surface area contributed by atoms with Gasteiger partial charge in [-0.25, -0.2) is 38.9 Å². The molecule has 43 heavy (non-hydrogen) atoms. The van der Waals surface area contributed by atoms with E-state index in [9.17, 15) is 14.2 Å². The SMILES string of the molecule is Nc1ncnc2c1ncn2[C@@H]1O[C@@H]2COP(=O)(S)O[C@H]3[C@@H](F)[C@H](n4cnc5c(N)ncnc54)O[C@@H]3CO[PH](=O)O[C@H]2[C@H]1O. The van der Waals surface area contributed by atoms with Gasteiger partial charge in [0.2, 0.25) is 0 Å². The molecule has 2 unspecified atom stereocenters. The van der Waals surface area contributed by atoms with E-state index in [4.69, 9.17) is 39.0 Å². The van der Waals surface area contributed by atoms with Gasteiger partial charge < -0.3 is 35.1 Å². The first-order valence-corrected chi connectivity index (χ1v) is 16.5. The highest BCUT2D eigenvalue weighted by molar-refractivity contribution is 8.44. The largest absolute Gasteiger partial charge is 0.386 e. The van der Waals surface area contributed by atoms with Gasteiger partial charge in [0, 0.05) is 0 Å². The number of fused-ring (bicyclic) bond motifs is 4. The van der Waals surface area contributed by atoms with Crippen LogP contribution in [-0.2, 0) is 36.7 Å². The van der Waals surface area contributed by atoms with Crippen molar-refractivity contribution in [3.05, 3.63) is 25.3 Å². The monoisotopic (exact) mass is 660 g/mol. The van der Waals surface area contributed by atoms with Crippen molar-refractivity contribution in [3.63, 3.8) is 0 Å². The first-order valence-electron chi connectivity index (χ1n) is 12.6. The van der Waals surface area contributed by atoms with Crippen LogP contribution in [0.5, 0.6) is 0 Å². The summed E-state index contributed by atoms with van der Waals surface area (Å²) in [6, 6.07) is 0. The molecule has 3 fully saturated rings. The van der Waals surface area contributed by atoms with E-state index in [2.05, 4.69) is 42.2 Å². The predicted octanol–water partition coefficient (Wildman–Crippen LogP) is 0.569. The minimum atomic E-state index is -4.31. The van der Waals surface area contributed by atoms with E-state index in [1.165, 1.54) is 34.4 Å². The third-order valence-electron chi connectivity index (χ3n) is 7.15. The van der Waals surface area contributed by atoms with E-state index >= 15 is 4.39 Å². The fourth-order valence-electron chi connectivity index (χ4n) is 5.17. The van der Waals surface area contributed by atoms with Crippen molar-refractivity contribution >= 4 is 61.3 Å². The van der Waals surface area contributed by atoms with Gasteiger partial charge in [-0.3, -0.25) is 22.7 Å². The molecule has 5 N–H and O–H groups in total. The highest BCUT2D eigenvalue weighted by Gasteiger charge is 2.52. The average molecular weight is 660 g/mol. The van der Waals surface area contributed by atoms with Crippen LogP contribution < -0.4 is 11.5 Å². The molecule has 3 aliphatic heterocycles. The smallest absolute Gasteiger partial charge is 0.386 e. The van der Waals surface area contributed by atoms with Crippen LogP contribution in [-0.4, -0.2) is 94.0 Å². The maximum absolute atomic E-state index is 15.9. The third kappa shape index (κ3) is 5.08. The minimum absolute atomic E-state index is 0.0723. The Balaban J connectivity index is 1.14. The number of rotatable bonds is 2. The molecule has 10 atom stereocenters. The van der Waals surface area contributed by atoms with Crippen molar-refractivity contribution in [1.82, 2.24) is 39.0 Å². The minimum Gasteiger partial charge on any atom is -0.386 e. The normalized spacial score (nSPS) is 37.1. The number of anilines is 2. The average Bonchev–Trinajstić information content (AvgIpc) is 3.73. The topological polar surface area (TPSA) is 249 Å². The van der Waals surface area contributed by atoms with Crippen molar-refractivity contribution in [1.29, 1.82) is 0 Å². The van der Waals surface area contributed by atoms with Gasteiger partial charge in [-0.05, 0) is 0 Å². The molecule has 230 valence electrons. The zero-order valence-electron chi connectivity index (χ0n) is 21.6. The fraction of sp³-hybridized carbons (Fsp3) is 0.500. The van der Waals surface area contributed by atoms with Gasteiger partial charge in [0.1, 0.15) is 54.2 Å². The number of imidazole rings is 2. The van der Waals surface area contributed by atoms with E-state index < -0.39 is 77.4 Å². The van der Waals surface area contributed by atoms with Crippen LogP contribution >= 0.6 is 27.3 Å². The number of nitrogens with zero attached hydrogens (tertiary/aromatic N) is 8. The number of ether oxygens (including phenoxy) is 2. The molecule has 0 radical (unpaired) electrons. The van der Waals surface area contributed by atoms with E-state index in [1.54, 1.807) is 0 Å². The van der Waals surface area contributed by atoms with Gasteiger partial charge in [0.05, 0.1) is 25.9 Å². The van der Waals surface area contributed by atoms with Crippen LogP contribution in [0.2, 0.25) is 0 Å². The molecule has 3 aliphatic rings. The lowest BCUT2D eigenvalue weighted by atomic mass is 10.1. The van der Waals surface area contributed by atoms with E-state index in [-0.39, 0.29) is 34.0 Å². The van der Waals surface area contributed by atoms with Gasteiger partial charge in [-0.2, -0.15) is 0 Å². The molecule has 4 aromatic rings. The van der Waals surface area contributed by atoms with Gasteiger partial charge in [-0.1, -0.05) is 12.2 Å². The number of aromatic nitrogens is 8. The second-order valence-electron chi connectivity index (χ2n) is 9.71. The van der Waals surface area contributed by atoms with E-state index in [1.807, 2.05) is 0 Å². The molecule has 7 heterocycles. The van der Waals surface area contributed by atoms with Crippen LogP contribution in [0.25, 0.3) is 22.3 Å². The Morgan fingerprint density at radius 2 is 1.51 bits per heavy atom. The lowest BCUT2D eigenvalue weighted by molar-refractivity contribution is -0.0551. The molecule has 7 rings (SSSR count). The Morgan fingerprint density at radius 1 is 0.930 bits per heavy atom. The van der Waals surface area contributed by atoms with Gasteiger partial charge in [0.15, 0.2) is 41.6 Å². The number of thiol groups is 1. The number of nitrogen functional groups attached to an aromatic ring is 2. The summed E-state index contributed by atoms with van der Waals surface area (Å²) < 4.78 is 78.5. The summed E-state index contributed by atoms with van der Waals surface area (Å²) in [5, 5.41) is 11.1. The van der Waals surface area contributed by atoms with Crippen molar-refractivity contribution < 1.29 is 46.2 Å². The number of halogens is 1. The van der Waals surface area contributed by atoms with Gasteiger partial charge in [-0.15, -0.1) is 0 Å². The maximum Gasteiger partial charge on any atom is 0.386 e. The molecule has 4 aromatic heterocycles. The highest BCUT2D eigenvalue weighted by Crippen LogP contribution is 2.57. The van der Waals surface area contributed by atoms with Crippen LogP contribution in [0.15, 0.2) is 25.3 Å². The van der Waals surface area contributed by atoms with Gasteiger partial charge >= 0.3 is 15.1 Å². The number of aliphatic hydroxyl groups excluding tert-OH is 1. The number of hydrogen-bond donors (Lipinski definition) is 4. The van der Waals surface area contributed by atoms with E-state index in [0.29, 0.717) is 0 Å². The first-order chi connectivity index (χ1) is 20.6. The molecule has 0 bridgehead atoms.